The summed E-state index contributed by atoms with van der Waals surface area (Å²) < 4.78 is 74.8. The van der Waals surface area contributed by atoms with Crippen LogP contribution in [0.1, 0.15) is 26.3 Å². The van der Waals surface area contributed by atoms with Crippen LogP contribution >= 0.6 is 0 Å². The molecule has 0 fully saturated rings. The molecular formula is C41H38N5Na2O6S2+. The second-order valence-electron chi connectivity index (χ2n) is 12.8. The van der Waals surface area contributed by atoms with Crippen LogP contribution < -0.4 is 78.8 Å². The monoisotopic (exact) mass is 806 g/mol. The van der Waals surface area contributed by atoms with Crippen molar-refractivity contribution in [3.63, 3.8) is 0 Å². The van der Waals surface area contributed by atoms with Crippen molar-refractivity contribution in [2.45, 2.75) is 37.1 Å². The zero-order chi connectivity index (χ0) is 38.2. The van der Waals surface area contributed by atoms with Crippen molar-refractivity contribution in [2.24, 2.45) is 0 Å². The van der Waals surface area contributed by atoms with Crippen LogP contribution in [-0.4, -0.2) is 50.6 Å². The summed E-state index contributed by atoms with van der Waals surface area (Å²) in [7, 11) is -9.39. The first-order valence-electron chi connectivity index (χ1n) is 17.6. The molecule has 0 unspecified atom stereocenters. The Balaban J connectivity index is 0.00000300. The number of rotatable bonds is 12. The van der Waals surface area contributed by atoms with Crippen molar-refractivity contribution in [2.75, 3.05) is 34.8 Å². The molecule has 7 aromatic rings. The topological polar surface area (TPSA) is 150 Å². The minimum absolute atomic E-state index is 0. The molecule has 7 rings (SSSR count). The smallest absolute Gasteiger partial charge is 0.744 e. The summed E-state index contributed by atoms with van der Waals surface area (Å²) in [6, 6.07) is 36.6. The van der Waals surface area contributed by atoms with E-state index in [-0.39, 0.29) is 68.9 Å². The Kier molecular flexibility index (Phi) is 13.9. The molecule has 11 nitrogen and oxygen atoms in total. The average molecular weight is 807 g/mol. The Bertz CT molecular complexity index is 2770. The molecule has 276 valence electrons. The van der Waals surface area contributed by atoms with Gasteiger partial charge in [-0.15, -0.1) is 4.57 Å². The fourth-order valence-corrected chi connectivity index (χ4v) is 8.27. The number of aromatic nitrogens is 2. The van der Waals surface area contributed by atoms with Gasteiger partial charge in [0.25, 0.3) is 0 Å². The molecule has 0 saturated heterocycles. The molecule has 0 bridgehead atoms. The molecule has 6 aromatic carbocycles. The van der Waals surface area contributed by atoms with Crippen molar-refractivity contribution in [1.29, 1.82) is 0 Å². The molecule has 0 aliphatic heterocycles. The Morgan fingerprint density at radius 2 is 1.34 bits per heavy atom. The molecule has 0 saturated carbocycles. The molecule has 1 aromatic heterocycles. The quantitative estimate of drug-likeness (QED) is 0.0629. The molecule has 0 amide bonds. The predicted molar refractivity (Wildman–Crippen MR) is 211 cm³/mol. The predicted octanol–water partition coefficient (Wildman–Crippen LogP) is 1.25. The number of fused-ring (bicyclic) bond motifs is 4. The van der Waals surface area contributed by atoms with Crippen LogP contribution in [-0.2, 0) is 26.8 Å². The molecule has 0 aliphatic carbocycles. The number of hydrogen-bond acceptors (Lipinski definition) is 10. The molecule has 56 heavy (non-hydrogen) atoms. The van der Waals surface area contributed by atoms with Crippen LogP contribution in [0.2, 0.25) is 0 Å². The number of nitrogens with one attached hydrogen (secondary N) is 1. The summed E-state index contributed by atoms with van der Waals surface area (Å²) in [5.41, 5.74) is 7.01. The van der Waals surface area contributed by atoms with Crippen molar-refractivity contribution in [3.8, 4) is 5.69 Å². The van der Waals surface area contributed by atoms with Gasteiger partial charge in [0.1, 0.15) is 31.3 Å². The van der Waals surface area contributed by atoms with E-state index in [0.717, 1.165) is 44.2 Å². The minimum atomic E-state index is -4.79. The van der Waals surface area contributed by atoms with Crippen molar-refractivity contribution in [1.82, 2.24) is 4.98 Å². The zero-order valence-corrected chi connectivity index (χ0v) is 37.6. The molecule has 15 heteroatoms. The molecule has 0 atom stereocenters. The van der Waals surface area contributed by atoms with E-state index < -0.39 is 20.2 Å². The van der Waals surface area contributed by atoms with Crippen LogP contribution in [0.15, 0.2) is 131 Å². The van der Waals surface area contributed by atoms with E-state index in [1.165, 1.54) is 18.2 Å². The number of anilines is 4. The first-order valence-corrected chi connectivity index (χ1v) is 20.4. The van der Waals surface area contributed by atoms with Crippen molar-refractivity contribution >= 4 is 75.8 Å². The van der Waals surface area contributed by atoms with Crippen LogP contribution in [0.5, 0.6) is 0 Å². The fraction of sp³-hybridized carbons (Fsp3) is 0.171. The number of hydrogen-bond donors (Lipinski definition) is 1. The molecule has 0 spiro atoms. The number of nitrogens with zero attached hydrogens (tertiary/aromatic N) is 4. The summed E-state index contributed by atoms with van der Waals surface area (Å²) >= 11 is 0. The second-order valence-corrected chi connectivity index (χ2v) is 15.6. The maximum absolute atomic E-state index is 12.5. The summed E-state index contributed by atoms with van der Waals surface area (Å²) in [4.78, 5) is 8.56. The Hall–Kier alpha value is -3.60. The van der Waals surface area contributed by atoms with Gasteiger partial charge in [-0.2, -0.15) is 0 Å². The van der Waals surface area contributed by atoms with E-state index in [4.69, 9.17) is 4.98 Å². The van der Waals surface area contributed by atoms with Crippen molar-refractivity contribution < 1.29 is 89.6 Å². The first kappa shape index (κ1) is 43.5. The van der Waals surface area contributed by atoms with Gasteiger partial charge in [0.15, 0.2) is 0 Å². The van der Waals surface area contributed by atoms with Crippen LogP contribution in [0, 0.1) is 0 Å². The summed E-state index contributed by atoms with van der Waals surface area (Å²) in [5, 5.41) is 5.15. The average Bonchev–Trinajstić information content (AvgIpc) is 3.16. The van der Waals surface area contributed by atoms with Gasteiger partial charge in [-0.05, 0) is 68.8 Å². The molecule has 1 heterocycles. The summed E-state index contributed by atoms with van der Waals surface area (Å²) in [5.74, 6) is 0. The molecule has 0 radical (unpaired) electrons. The van der Waals surface area contributed by atoms with Gasteiger partial charge in [0.05, 0.1) is 21.2 Å². The van der Waals surface area contributed by atoms with Gasteiger partial charge in [-0.3, -0.25) is 0 Å². The maximum atomic E-state index is 12.5. The third-order valence-corrected chi connectivity index (χ3v) is 11.3. The Morgan fingerprint density at radius 3 is 2.00 bits per heavy atom. The van der Waals surface area contributed by atoms with E-state index in [1.807, 2.05) is 105 Å². The third-order valence-electron chi connectivity index (χ3n) is 9.60. The largest absolute Gasteiger partial charge is 1.00 e. The Labute approximate surface area is 371 Å². The van der Waals surface area contributed by atoms with E-state index in [9.17, 15) is 25.9 Å². The third kappa shape index (κ3) is 8.92. The van der Waals surface area contributed by atoms with Gasteiger partial charge < -0.3 is 24.2 Å². The first-order chi connectivity index (χ1) is 25.9. The van der Waals surface area contributed by atoms with E-state index >= 15 is 0 Å². The van der Waals surface area contributed by atoms with Crippen LogP contribution in [0.4, 0.5) is 22.7 Å². The SMILES string of the molecule is CCN(Cc1cccc(S(=O)(=O)[O-])c1)c1ccc2nc3c4ccccc4c(Nc4ccc(N(CC)CC)c(S(=O)(=O)[O-])c4)cc3[n+](-c3ccccc3)c2c1.[Na+].[Na+]. The summed E-state index contributed by atoms with van der Waals surface area (Å²) in [6.07, 6.45) is 0. The van der Waals surface area contributed by atoms with E-state index in [1.54, 1.807) is 24.3 Å². The number of benzene rings is 6. The van der Waals surface area contributed by atoms with Crippen LogP contribution in [0.25, 0.3) is 38.5 Å². The molecule has 0 aliphatic rings. The van der Waals surface area contributed by atoms with Crippen LogP contribution in [0.3, 0.4) is 0 Å². The van der Waals surface area contributed by atoms with Gasteiger partial charge in [-0.25, -0.2) is 21.8 Å². The molecule has 1 N–H and O–H groups in total. The van der Waals surface area contributed by atoms with E-state index in [2.05, 4.69) is 14.8 Å². The minimum Gasteiger partial charge on any atom is -0.744 e. The zero-order valence-electron chi connectivity index (χ0n) is 31.9. The van der Waals surface area contributed by atoms with Gasteiger partial charge in [0.2, 0.25) is 16.7 Å². The van der Waals surface area contributed by atoms with E-state index in [0.29, 0.717) is 48.8 Å². The Morgan fingerprint density at radius 1 is 0.661 bits per heavy atom. The normalized spacial score (nSPS) is 11.6. The molecular weight excluding hydrogens is 769 g/mol. The second kappa shape index (κ2) is 17.9. The van der Waals surface area contributed by atoms with Gasteiger partial charge >= 0.3 is 59.1 Å². The fourth-order valence-electron chi connectivity index (χ4n) is 7.00. The summed E-state index contributed by atoms with van der Waals surface area (Å²) in [6.45, 7) is 7.86. The van der Waals surface area contributed by atoms with Gasteiger partial charge in [0, 0.05) is 72.6 Å². The standard InChI is InChI=1S/C41H39N5O6S2.2Na/c1-4-44(5-2)37-22-19-29(24-40(37)54(50,51)52)42-36-26-39-41(34-18-11-10-17-33(34)36)43-35-21-20-31(25-38(35)46(39)30-14-8-7-9-15-30)45(6-3)27-28-13-12-16-32(23-28)53(47,48)49;;/h7-26H,4-6,27H2,1-3H3,(H2,47,48,49,50,51,52);;/q;2*+1/p-1. The van der Waals surface area contributed by atoms with Crippen molar-refractivity contribution in [3.05, 3.63) is 127 Å². The number of para-hydroxylation sites is 1. The maximum Gasteiger partial charge on any atom is 1.00 e. The van der Waals surface area contributed by atoms with Gasteiger partial charge in [-0.1, -0.05) is 54.6 Å².